The molecular formula is C42H56N2O4S2. The van der Waals surface area contributed by atoms with Crippen molar-refractivity contribution in [3.8, 4) is 30.6 Å². The molecule has 0 fully saturated rings. The minimum Gasteiger partial charge on any atom is -0.465 e. The highest BCUT2D eigenvalue weighted by atomic mass is 32.1. The summed E-state index contributed by atoms with van der Waals surface area (Å²) in [5.41, 5.74) is 4.94. The van der Waals surface area contributed by atoms with Gasteiger partial charge < -0.3 is 20.1 Å². The van der Waals surface area contributed by atoms with E-state index in [-0.39, 0.29) is 11.9 Å². The summed E-state index contributed by atoms with van der Waals surface area (Å²) in [7, 11) is 2.85. The molecule has 0 bridgehead atoms. The number of rotatable bonds is 23. The summed E-state index contributed by atoms with van der Waals surface area (Å²) in [5.74, 6) is -0.674. The number of carbonyl (C=O) groups is 2. The third-order valence-corrected chi connectivity index (χ3v) is 11.4. The molecular weight excluding hydrogens is 661 g/mol. The molecule has 270 valence electrons. The highest BCUT2D eigenvalue weighted by Crippen LogP contribution is 2.41. The predicted octanol–water partition coefficient (Wildman–Crippen LogP) is 12.7. The van der Waals surface area contributed by atoms with Crippen LogP contribution in [-0.4, -0.2) is 39.2 Å². The molecule has 0 saturated carbocycles. The van der Waals surface area contributed by atoms with Crippen molar-refractivity contribution in [2.75, 3.05) is 37.9 Å². The molecule has 6 nitrogen and oxygen atoms in total. The molecule has 0 atom stereocenters. The molecule has 8 heteroatoms. The van der Waals surface area contributed by atoms with Gasteiger partial charge in [0, 0.05) is 44.0 Å². The number of esters is 2. The summed E-state index contributed by atoms with van der Waals surface area (Å²) in [6, 6.07) is 20.4. The zero-order valence-corrected chi connectivity index (χ0v) is 32.2. The number of ether oxygens (including phenoxy) is 2. The number of hydrogen-bond donors (Lipinski definition) is 2. The van der Waals surface area contributed by atoms with Crippen LogP contribution in [0, 0.1) is 0 Å². The molecule has 4 aromatic rings. The van der Waals surface area contributed by atoms with E-state index < -0.39 is 0 Å². The molecule has 0 spiro atoms. The maximum Gasteiger partial charge on any atom is 0.337 e. The lowest BCUT2D eigenvalue weighted by atomic mass is 10.1. The van der Waals surface area contributed by atoms with Gasteiger partial charge in [0.25, 0.3) is 0 Å². The Kier molecular flexibility index (Phi) is 16.9. The van der Waals surface area contributed by atoms with Crippen LogP contribution in [0.1, 0.15) is 124 Å². The number of thiophene rings is 2. The maximum atomic E-state index is 12.6. The fourth-order valence-corrected chi connectivity index (χ4v) is 8.17. The first-order valence-corrected chi connectivity index (χ1v) is 20.2. The van der Waals surface area contributed by atoms with Crippen molar-refractivity contribution < 1.29 is 19.1 Å². The van der Waals surface area contributed by atoms with Gasteiger partial charge >= 0.3 is 11.9 Å². The second-order valence-electron chi connectivity index (χ2n) is 13.0. The number of benzene rings is 2. The molecule has 0 aliphatic heterocycles. The van der Waals surface area contributed by atoms with Crippen LogP contribution in [0.2, 0.25) is 0 Å². The third-order valence-electron chi connectivity index (χ3n) is 8.95. The summed E-state index contributed by atoms with van der Waals surface area (Å²) in [6.45, 7) is 6.24. The van der Waals surface area contributed by atoms with Crippen LogP contribution in [-0.2, 0) is 9.47 Å². The summed E-state index contributed by atoms with van der Waals surface area (Å²) < 4.78 is 10.2. The zero-order chi connectivity index (χ0) is 35.6. The standard InChI is InChI=1S/C42H56N2O4S2/c1-5-7-9-11-13-15-17-23-43-35-27-31(25-33(29-35)41(45)47-3)37-19-21-39(49-37)40-22-20-38(50-40)32-26-34(42(46)48-4)30-36(28-32)44-24-18-16-14-12-10-8-6-2/h19-22,25-30,43-44H,5-18,23-24H2,1-4H3. The quantitative estimate of drug-likeness (QED) is 0.0588. The van der Waals surface area contributed by atoms with Crippen LogP contribution >= 0.6 is 22.7 Å². The molecule has 0 saturated heterocycles. The summed E-state index contributed by atoms with van der Waals surface area (Å²) in [6.07, 6.45) is 17.6. The summed E-state index contributed by atoms with van der Waals surface area (Å²) in [4.78, 5) is 29.6. The average Bonchev–Trinajstić information content (AvgIpc) is 3.84. The maximum absolute atomic E-state index is 12.6. The molecule has 0 aliphatic rings. The van der Waals surface area contributed by atoms with Crippen LogP contribution < -0.4 is 10.6 Å². The van der Waals surface area contributed by atoms with Gasteiger partial charge in [-0.05, 0) is 84.6 Å². The van der Waals surface area contributed by atoms with E-state index in [4.69, 9.17) is 9.47 Å². The number of unbranched alkanes of at least 4 members (excludes halogenated alkanes) is 12. The van der Waals surface area contributed by atoms with Gasteiger partial charge in [-0.3, -0.25) is 0 Å². The van der Waals surface area contributed by atoms with E-state index in [1.165, 1.54) is 91.3 Å². The lowest BCUT2D eigenvalue weighted by molar-refractivity contribution is 0.0592. The number of anilines is 2. The Morgan fingerprint density at radius 3 is 1.24 bits per heavy atom. The fourth-order valence-electron chi connectivity index (χ4n) is 6.10. The van der Waals surface area contributed by atoms with Crippen molar-refractivity contribution in [3.63, 3.8) is 0 Å². The van der Waals surface area contributed by atoms with E-state index in [9.17, 15) is 9.59 Å². The first-order valence-electron chi connectivity index (χ1n) is 18.6. The Hall–Kier alpha value is -3.62. The van der Waals surface area contributed by atoms with Crippen LogP contribution in [0.25, 0.3) is 30.6 Å². The monoisotopic (exact) mass is 716 g/mol. The molecule has 0 radical (unpaired) electrons. The minimum absolute atomic E-state index is 0.337. The van der Waals surface area contributed by atoms with E-state index in [2.05, 4.69) is 60.9 Å². The van der Waals surface area contributed by atoms with Crippen molar-refractivity contribution in [1.82, 2.24) is 0 Å². The second kappa shape index (κ2) is 21.6. The third kappa shape index (κ3) is 12.3. The Labute approximate surface area is 308 Å². The SMILES string of the molecule is CCCCCCCCCNc1cc(C(=O)OC)cc(-c2ccc(-c3ccc(-c4cc(NCCCCCCCCC)cc(C(=O)OC)c4)s3)s2)c1. The summed E-state index contributed by atoms with van der Waals surface area (Å²) >= 11 is 3.41. The highest BCUT2D eigenvalue weighted by molar-refractivity contribution is 7.25. The van der Waals surface area contributed by atoms with Gasteiger partial charge in [-0.15, -0.1) is 22.7 Å². The zero-order valence-electron chi connectivity index (χ0n) is 30.5. The van der Waals surface area contributed by atoms with Crippen molar-refractivity contribution in [1.29, 1.82) is 0 Å². The number of carbonyl (C=O) groups excluding carboxylic acids is 2. The smallest absolute Gasteiger partial charge is 0.337 e. The molecule has 2 heterocycles. The van der Waals surface area contributed by atoms with Gasteiger partial charge in [-0.1, -0.05) is 90.9 Å². The van der Waals surface area contributed by atoms with Crippen LogP contribution in [0.15, 0.2) is 60.7 Å². The molecule has 2 N–H and O–H groups in total. The number of nitrogens with one attached hydrogen (secondary N) is 2. The van der Waals surface area contributed by atoms with Crippen LogP contribution in [0.4, 0.5) is 11.4 Å². The van der Waals surface area contributed by atoms with E-state index in [1.807, 2.05) is 24.3 Å². The molecule has 2 aromatic carbocycles. The van der Waals surface area contributed by atoms with Gasteiger partial charge in [0.15, 0.2) is 0 Å². The Balaban J connectivity index is 1.45. The Morgan fingerprint density at radius 1 is 0.500 bits per heavy atom. The van der Waals surface area contributed by atoms with Crippen molar-refractivity contribution >= 4 is 46.0 Å². The molecule has 0 amide bonds. The number of methoxy groups -OCH3 is 2. The normalized spacial score (nSPS) is 11.0. The van der Waals surface area contributed by atoms with Crippen molar-refractivity contribution in [3.05, 3.63) is 71.8 Å². The minimum atomic E-state index is -0.337. The van der Waals surface area contributed by atoms with E-state index in [0.717, 1.165) is 67.9 Å². The molecule has 4 rings (SSSR count). The lowest BCUT2D eigenvalue weighted by Crippen LogP contribution is -2.05. The Bertz CT molecular complexity index is 1510. The molecule has 0 unspecified atom stereocenters. The van der Waals surface area contributed by atoms with Crippen LogP contribution in [0.5, 0.6) is 0 Å². The van der Waals surface area contributed by atoms with Crippen molar-refractivity contribution in [2.45, 2.75) is 104 Å². The van der Waals surface area contributed by atoms with E-state index in [0.29, 0.717) is 11.1 Å². The first-order chi connectivity index (χ1) is 24.4. The highest BCUT2D eigenvalue weighted by Gasteiger charge is 2.15. The van der Waals surface area contributed by atoms with Gasteiger partial charge in [0.1, 0.15) is 0 Å². The first kappa shape index (κ1) is 39.2. The average molecular weight is 717 g/mol. The van der Waals surface area contributed by atoms with Gasteiger partial charge in [-0.25, -0.2) is 9.59 Å². The van der Waals surface area contributed by atoms with E-state index >= 15 is 0 Å². The number of hydrogen-bond acceptors (Lipinski definition) is 8. The molecule has 50 heavy (non-hydrogen) atoms. The van der Waals surface area contributed by atoms with E-state index in [1.54, 1.807) is 22.7 Å². The second-order valence-corrected chi connectivity index (χ2v) is 15.2. The van der Waals surface area contributed by atoms with Gasteiger partial charge in [0.2, 0.25) is 0 Å². The van der Waals surface area contributed by atoms with Gasteiger partial charge in [-0.2, -0.15) is 0 Å². The largest absolute Gasteiger partial charge is 0.465 e. The van der Waals surface area contributed by atoms with Crippen molar-refractivity contribution in [2.24, 2.45) is 0 Å². The van der Waals surface area contributed by atoms with Crippen LogP contribution in [0.3, 0.4) is 0 Å². The van der Waals surface area contributed by atoms with Gasteiger partial charge in [0.05, 0.1) is 25.3 Å². The topological polar surface area (TPSA) is 76.7 Å². The Morgan fingerprint density at radius 2 is 0.860 bits per heavy atom. The molecule has 2 aromatic heterocycles. The fraction of sp³-hybridized carbons (Fsp3) is 0.476. The predicted molar refractivity (Wildman–Crippen MR) is 214 cm³/mol. The summed E-state index contributed by atoms with van der Waals surface area (Å²) in [5, 5.41) is 7.09. The lowest BCUT2D eigenvalue weighted by Gasteiger charge is -2.11. The molecule has 0 aliphatic carbocycles.